The maximum Gasteiger partial charge on any atom is 0.258 e. The van der Waals surface area contributed by atoms with E-state index in [1.165, 1.54) is 30.2 Å². The van der Waals surface area contributed by atoms with Crippen molar-refractivity contribution in [1.82, 2.24) is 4.90 Å². The summed E-state index contributed by atoms with van der Waals surface area (Å²) in [6, 6.07) is 17.7. The number of benzene rings is 2. The first-order valence-corrected chi connectivity index (χ1v) is 10.2. The van der Waals surface area contributed by atoms with Gasteiger partial charge in [-0.2, -0.15) is 11.8 Å². The van der Waals surface area contributed by atoms with Crippen LogP contribution in [0.3, 0.4) is 0 Å². The van der Waals surface area contributed by atoms with E-state index in [-0.39, 0.29) is 5.91 Å². The molecule has 0 radical (unpaired) electrons. The largest absolute Gasteiger partial charge is 0.367 e. The quantitative estimate of drug-likeness (QED) is 0.808. The third-order valence-electron chi connectivity index (χ3n) is 4.62. The van der Waals surface area contributed by atoms with Crippen LogP contribution in [0.4, 0.5) is 5.69 Å². The minimum absolute atomic E-state index is 0.155. The predicted octanol–water partition coefficient (Wildman–Crippen LogP) is 3.60. The van der Waals surface area contributed by atoms with Gasteiger partial charge in [-0.3, -0.25) is 4.79 Å². The predicted molar refractivity (Wildman–Crippen MR) is 109 cm³/mol. The van der Waals surface area contributed by atoms with E-state index in [0.29, 0.717) is 0 Å². The fourth-order valence-corrected chi connectivity index (χ4v) is 4.08. The summed E-state index contributed by atoms with van der Waals surface area (Å²) in [6.45, 7) is 3.49. The number of hydrogen-bond acceptors (Lipinski definition) is 4. The van der Waals surface area contributed by atoms with Crippen LogP contribution in [-0.2, 0) is 16.0 Å². The number of carbonyl (C=O) groups is 1. The van der Waals surface area contributed by atoms with Crippen LogP contribution < -0.4 is 5.32 Å². The minimum atomic E-state index is -0.604. The Bertz CT molecular complexity index is 685. The first kappa shape index (κ1) is 19.0. The molecule has 0 unspecified atom stereocenters. The first-order valence-electron chi connectivity index (χ1n) is 9.04. The lowest BCUT2D eigenvalue weighted by Gasteiger charge is -2.26. The van der Waals surface area contributed by atoms with Crippen molar-refractivity contribution >= 4 is 23.4 Å². The maximum atomic E-state index is 12.5. The van der Waals surface area contributed by atoms with Gasteiger partial charge in [-0.25, -0.2) is 0 Å². The zero-order valence-electron chi connectivity index (χ0n) is 15.2. The summed E-state index contributed by atoms with van der Waals surface area (Å²) in [4.78, 5) is 15.0. The fourth-order valence-electron chi connectivity index (χ4n) is 3.10. The second-order valence-electron chi connectivity index (χ2n) is 6.42. The van der Waals surface area contributed by atoms with Gasteiger partial charge in [-0.05, 0) is 29.7 Å². The fraction of sp³-hybridized carbons (Fsp3) is 0.381. The van der Waals surface area contributed by atoms with E-state index in [2.05, 4.69) is 22.3 Å². The van der Waals surface area contributed by atoms with Crippen molar-refractivity contribution in [3.8, 4) is 0 Å². The van der Waals surface area contributed by atoms with Gasteiger partial charge in [0, 0.05) is 43.9 Å². The van der Waals surface area contributed by atoms with Gasteiger partial charge in [-0.1, -0.05) is 42.5 Å². The summed E-state index contributed by atoms with van der Waals surface area (Å²) >= 11 is 2.04. The molecule has 1 fully saturated rings. The number of amides is 1. The number of rotatable bonds is 7. The van der Waals surface area contributed by atoms with Gasteiger partial charge in [-0.15, -0.1) is 0 Å². The molecule has 1 saturated heterocycles. The number of nitrogens with zero attached hydrogens (tertiary/aromatic N) is 1. The lowest BCUT2D eigenvalue weighted by Crippen LogP contribution is -2.34. The molecular weight excluding hydrogens is 344 g/mol. The monoisotopic (exact) mass is 370 g/mol. The molecule has 1 N–H and O–H groups in total. The van der Waals surface area contributed by atoms with Crippen LogP contribution in [0, 0.1) is 0 Å². The van der Waals surface area contributed by atoms with Crippen molar-refractivity contribution < 1.29 is 9.53 Å². The van der Waals surface area contributed by atoms with Crippen molar-refractivity contribution in [1.29, 1.82) is 0 Å². The third kappa shape index (κ3) is 5.34. The smallest absolute Gasteiger partial charge is 0.258 e. The SMILES string of the molecule is CO[C@@H](C(=O)Nc1ccc(CCN2CCSCC2)cc1)c1ccccc1. The van der Waals surface area contributed by atoms with Crippen molar-refractivity contribution in [3.63, 3.8) is 0 Å². The maximum absolute atomic E-state index is 12.5. The Balaban J connectivity index is 1.53. The molecule has 138 valence electrons. The van der Waals surface area contributed by atoms with Gasteiger partial charge < -0.3 is 15.0 Å². The van der Waals surface area contributed by atoms with Gasteiger partial charge >= 0.3 is 0 Å². The van der Waals surface area contributed by atoms with Crippen molar-refractivity contribution in [3.05, 3.63) is 65.7 Å². The molecule has 26 heavy (non-hydrogen) atoms. The van der Waals surface area contributed by atoms with E-state index in [9.17, 15) is 4.79 Å². The highest BCUT2D eigenvalue weighted by atomic mass is 32.2. The first-order chi connectivity index (χ1) is 12.8. The number of anilines is 1. The van der Waals surface area contributed by atoms with Gasteiger partial charge in [0.05, 0.1) is 0 Å². The average Bonchev–Trinajstić information content (AvgIpc) is 2.70. The highest BCUT2D eigenvalue weighted by molar-refractivity contribution is 7.99. The van der Waals surface area contributed by atoms with Crippen molar-refractivity contribution in [2.75, 3.05) is 43.6 Å². The highest BCUT2D eigenvalue weighted by Crippen LogP contribution is 2.19. The Kier molecular flexibility index (Phi) is 7.12. The highest BCUT2D eigenvalue weighted by Gasteiger charge is 2.19. The van der Waals surface area contributed by atoms with Gasteiger partial charge in [0.2, 0.25) is 0 Å². The Morgan fingerprint density at radius 2 is 1.81 bits per heavy atom. The van der Waals surface area contributed by atoms with Crippen LogP contribution >= 0.6 is 11.8 Å². The summed E-state index contributed by atoms with van der Waals surface area (Å²) in [6.07, 6.45) is 0.441. The molecule has 0 bridgehead atoms. The van der Waals surface area contributed by atoms with E-state index < -0.39 is 6.10 Å². The second-order valence-corrected chi connectivity index (χ2v) is 7.64. The Morgan fingerprint density at radius 3 is 2.46 bits per heavy atom. The number of nitrogens with one attached hydrogen (secondary N) is 1. The normalized spacial score (nSPS) is 16.2. The molecule has 2 aromatic rings. The molecule has 0 saturated carbocycles. The van der Waals surface area contributed by atoms with Gasteiger partial charge in [0.25, 0.3) is 5.91 Å². The number of hydrogen-bond donors (Lipinski definition) is 1. The Morgan fingerprint density at radius 1 is 1.12 bits per heavy atom. The molecule has 5 heteroatoms. The number of carbonyl (C=O) groups excluding carboxylic acids is 1. The van der Waals surface area contributed by atoms with Crippen molar-refractivity contribution in [2.24, 2.45) is 0 Å². The summed E-state index contributed by atoms with van der Waals surface area (Å²) in [5.41, 5.74) is 2.95. The van der Waals surface area contributed by atoms with Crippen molar-refractivity contribution in [2.45, 2.75) is 12.5 Å². The van der Waals surface area contributed by atoms with Crippen LogP contribution in [0.25, 0.3) is 0 Å². The molecule has 1 aliphatic heterocycles. The summed E-state index contributed by atoms with van der Waals surface area (Å²) < 4.78 is 5.38. The van der Waals surface area contributed by atoms with Crippen LogP contribution in [0.5, 0.6) is 0 Å². The zero-order chi connectivity index (χ0) is 18.2. The molecule has 1 atom stereocenters. The van der Waals surface area contributed by atoms with E-state index in [4.69, 9.17) is 4.74 Å². The molecule has 3 rings (SSSR count). The lowest BCUT2D eigenvalue weighted by molar-refractivity contribution is -0.126. The van der Waals surface area contributed by atoms with E-state index in [1.54, 1.807) is 7.11 Å². The van der Waals surface area contributed by atoms with E-state index in [0.717, 1.165) is 24.2 Å². The molecule has 0 aromatic heterocycles. The zero-order valence-corrected chi connectivity index (χ0v) is 16.0. The molecule has 1 aliphatic rings. The Hall–Kier alpha value is -1.82. The van der Waals surface area contributed by atoms with Crippen LogP contribution in [0.1, 0.15) is 17.2 Å². The molecular formula is C21H26N2O2S. The summed E-state index contributed by atoms with van der Waals surface area (Å²) in [7, 11) is 1.56. The van der Waals surface area contributed by atoms with Crippen LogP contribution in [-0.4, -0.2) is 49.1 Å². The lowest BCUT2D eigenvalue weighted by atomic mass is 10.1. The topological polar surface area (TPSA) is 41.6 Å². The Labute approximate surface area is 159 Å². The molecule has 0 aliphatic carbocycles. The molecule has 4 nitrogen and oxygen atoms in total. The van der Waals surface area contributed by atoms with E-state index in [1.807, 2.05) is 54.2 Å². The summed E-state index contributed by atoms with van der Waals surface area (Å²) in [5.74, 6) is 2.33. The third-order valence-corrected chi connectivity index (χ3v) is 5.56. The van der Waals surface area contributed by atoms with Crippen LogP contribution in [0.2, 0.25) is 0 Å². The number of thioether (sulfide) groups is 1. The van der Waals surface area contributed by atoms with Gasteiger partial charge in [0.15, 0.2) is 6.10 Å². The number of ether oxygens (including phenoxy) is 1. The van der Waals surface area contributed by atoms with E-state index >= 15 is 0 Å². The van der Waals surface area contributed by atoms with Gasteiger partial charge in [0.1, 0.15) is 0 Å². The number of methoxy groups -OCH3 is 1. The van der Waals surface area contributed by atoms with Crippen LogP contribution in [0.15, 0.2) is 54.6 Å². The molecule has 2 aromatic carbocycles. The standard InChI is InChI=1S/C21H26N2O2S/c1-25-20(18-5-3-2-4-6-18)21(24)22-19-9-7-17(8-10-19)11-12-23-13-15-26-16-14-23/h2-10,20H,11-16H2,1H3,(H,22,24)/t20-/m1/s1. The summed E-state index contributed by atoms with van der Waals surface area (Å²) in [5, 5.41) is 2.95. The molecule has 1 heterocycles. The molecule has 1 amide bonds. The minimum Gasteiger partial charge on any atom is -0.367 e. The second kappa shape index (κ2) is 9.76. The molecule has 0 spiro atoms. The average molecular weight is 371 g/mol.